The second-order valence-electron chi connectivity index (χ2n) is 6.01. The van der Waals surface area contributed by atoms with E-state index in [4.69, 9.17) is 0 Å². The van der Waals surface area contributed by atoms with Crippen molar-refractivity contribution >= 4 is 11.7 Å². The molecule has 0 aliphatic carbocycles. The highest BCUT2D eigenvalue weighted by molar-refractivity contribution is 5.91. The zero-order valence-corrected chi connectivity index (χ0v) is 14.6. The zero-order valence-electron chi connectivity index (χ0n) is 14.6. The molecule has 3 aromatic rings. The first kappa shape index (κ1) is 17.5. The molecule has 0 unspecified atom stereocenters. The van der Waals surface area contributed by atoms with Gasteiger partial charge in [0.1, 0.15) is 0 Å². The monoisotopic (exact) mass is 355 g/mol. The predicted octanol–water partition coefficient (Wildman–Crippen LogP) is 2.61. The zero-order chi connectivity index (χ0) is 18.8. The molecule has 2 aromatic heterocycles. The molecule has 0 saturated heterocycles. The fraction of sp³-hybridized carbons (Fsp3) is 0.222. The van der Waals surface area contributed by atoms with E-state index in [1.54, 1.807) is 6.07 Å². The first-order valence-corrected chi connectivity index (χ1v) is 7.99. The number of rotatable bonds is 4. The van der Waals surface area contributed by atoms with Crippen molar-refractivity contribution in [2.75, 3.05) is 5.32 Å². The summed E-state index contributed by atoms with van der Waals surface area (Å²) >= 11 is 0. The molecule has 2 heterocycles. The summed E-state index contributed by atoms with van der Waals surface area (Å²) in [6, 6.07) is 7.69. The maximum absolute atomic E-state index is 13.8. The van der Waals surface area contributed by atoms with Gasteiger partial charge >= 0.3 is 0 Å². The number of carbonyl (C=O) groups excluding carboxylic acids is 1. The quantitative estimate of drug-likeness (QED) is 0.750. The Bertz CT molecular complexity index is 963. The predicted molar refractivity (Wildman–Crippen MR) is 93.8 cm³/mol. The molecule has 0 atom stereocenters. The fourth-order valence-corrected chi connectivity index (χ4v) is 2.60. The molecule has 0 bridgehead atoms. The van der Waals surface area contributed by atoms with Crippen LogP contribution >= 0.6 is 0 Å². The third kappa shape index (κ3) is 3.69. The molecule has 134 valence electrons. The lowest BCUT2D eigenvalue weighted by Gasteiger charge is -2.05. The number of nitrogens with zero attached hydrogens (tertiary/aromatic N) is 4. The minimum absolute atomic E-state index is 0.108. The van der Waals surface area contributed by atoms with Gasteiger partial charge in [0.2, 0.25) is 5.91 Å². The number of amides is 1. The molecule has 2 N–H and O–H groups in total. The van der Waals surface area contributed by atoms with Gasteiger partial charge in [0.25, 0.3) is 5.95 Å². The molecule has 1 aromatic carbocycles. The second-order valence-corrected chi connectivity index (χ2v) is 6.01. The van der Waals surface area contributed by atoms with E-state index in [1.807, 2.05) is 26.8 Å². The van der Waals surface area contributed by atoms with Gasteiger partial charge in [0.05, 0.1) is 6.42 Å². The highest BCUT2D eigenvalue weighted by atomic mass is 19.1. The Labute approximate surface area is 149 Å². The number of hydrogen-bond donors (Lipinski definition) is 2. The van der Waals surface area contributed by atoms with Gasteiger partial charge in [-0.15, -0.1) is 5.10 Å². The Hall–Kier alpha value is -3.29. The minimum Gasteiger partial charge on any atom is -0.505 e. The Kier molecular flexibility index (Phi) is 4.66. The number of benzene rings is 1. The van der Waals surface area contributed by atoms with Crippen LogP contribution in [0.25, 0.3) is 5.95 Å². The van der Waals surface area contributed by atoms with Crippen LogP contribution in [-0.4, -0.2) is 30.8 Å². The molecule has 8 heteroatoms. The van der Waals surface area contributed by atoms with Crippen LogP contribution in [0.2, 0.25) is 0 Å². The van der Waals surface area contributed by atoms with Gasteiger partial charge in [-0.2, -0.15) is 0 Å². The standard InChI is InChI=1S/C18H18FN5O2/c1-10-7-11(2)21-18(20-10)24-12(3)8-15(23-24)22-16(26)9-13-5-4-6-14(25)17(13)19/h4-8,25H,9H2,1-3H3,(H,22,23,26). The lowest BCUT2D eigenvalue weighted by Crippen LogP contribution is -2.16. The first-order valence-electron chi connectivity index (χ1n) is 7.99. The van der Waals surface area contributed by atoms with E-state index in [0.717, 1.165) is 17.1 Å². The van der Waals surface area contributed by atoms with Gasteiger partial charge in [-0.25, -0.2) is 19.0 Å². The van der Waals surface area contributed by atoms with E-state index >= 15 is 0 Å². The number of aromatic nitrogens is 4. The number of hydrogen-bond acceptors (Lipinski definition) is 5. The van der Waals surface area contributed by atoms with Crippen molar-refractivity contribution in [2.24, 2.45) is 0 Å². The molecule has 0 aliphatic rings. The van der Waals surface area contributed by atoms with Crippen LogP contribution in [-0.2, 0) is 11.2 Å². The van der Waals surface area contributed by atoms with Crippen molar-refractivity contribution in [3.8, 4) is 11.7 Å². The average molecular weight is 355 g/mol. The Morgan fingerprint density at radius 1 is 1.19 bits per heavy atom. The van der Waals surface area contributed by atoms with Gasteiger partial charge < -0.3 is 10.4 Å². The molecule has 0 aliphatic heterocycles. The van der Waals surface area contributed by atoms with E-state index in [9.17, 15) is 14.3 Å². The Morgan fingerprint density at radius 3 is 2.58 bits per heavy atom. The molecule has 0 radical (unpaired) electrons. The number of phenols is 1. The van der Waals surface area contributed by atoms with Crippen LogP contribution in [0.15, 0.2) is 30.3 Å². The maximum Gasteiger partial charge on any atom is 0.251 e. The highest BCUT2D eigenvalue weighted by Gasteiger charge is 2.14. The van der Waals surface area contributed by atoms with Gasteiger partial charge in [-0.1, -0.05) is 12.1 Å². The minimum atomic E-state index is -0.798. The van der Waals surface area contributed by atoms with Crippen molar-refractivity contribution < 1.29 is 14.3 Å². The van der Waals surface area contributed by atoms with E-state index in [-0.39, 0.29) is 12.0 Å². The SMILES string of the molecule is Cc1cc(C)nc(-n2nc(NC(=O)Cc3cccc(O)c3F)cc2C)n1. The summed E-state index contributed by atoms with van der Waals surface area (Å²) in [6.45, 7) is 5.55. The summed E-state index contributed by atoms with van der Waals surface area (Å²) in [7, 11) is 0. The van der Waals surface area contributed by atoms with Crippen LogP contribution in [0.3, 0.4) is 0 Å². The van der Waals surface area contributed by atoms with E-state index in [2.05, 4.69) is 20.4 Å². The summed E-state index contributed by atoms with van der Waals surface area (Å²) < 4.78 is 15.3. The summed E-state index contributed by atoms with van der Waals surface area (Å²) in [5.41, 5.74) is 2.48. The summed E-state index contributed by atoms with van der Waals surface area (Å²) in [6.07, 6.45) is -0.216. The fourth-order valence-electron chi connectivity index (χ4n) is 2.60. The Balaban J connectivity index is 1.79. The topological polar surface area (TPSA) is 92.9 Å². The van der Waals surface area contributed by atoms with Crippen LogP contribution < -0.4 is 5.32 Å². The number of aromatic hydroxyl groups is 1. The number of carbonyl (C=O) groups is 1. The average Bonchev–Trinajstić information content (AvgIpc) is 2.91. The van der Waals surface area contributed by atoms with Gasteiger partial charge in [-0.3, -0.25) is 4.79 Å². The van der Waals surface area contributed by atoms with Crippen molar-refractivity contribution in [3.05, 3.63) is 58.8 Å². The van der Waals surface area contributed by atoms with Gasteiger partial charge in [0, 0.05) is 28.7 Å². The number of nitrogens with one attached hydrogen (secondary N) is 1. The van der Waals surface area contributed by atoms with Gasteiger partial charge in [0.15, 0.2) is 17.4 Å². The van der Waals surface area contributed by atoms with E-state index in [0.29, 0.717) is 11.8 Å². The van der Waals surface area contributed by atoms with Crippen molar-refractivity contribution in [1.82, 2.24) is 19.7 Å². The number of halogens is 1. The highest BCUT2D eigenvalue weighted by Crippen LogP contribution is 2.19. The van der Waals surface area contributed by atoms with Crippen LogP contribution in [0, 0.1) is 26.6 Å². The summed E-state index contributed by atoms with van der Waals surface area (Å²) in [5, 5.41) is 16.3. The van der Waals surface area contributed by atoms with E-state index in [1.165, 1.54) is 22.9 Å². The molecular formula is C18H18FN5O2. The van der Waals surface area contributed by atoms with Crippen LogP contribution in [0.5, 0.6) is 5.75 Å². The smallest absolute Gasteiger partial charge is 0.251 e. The third-order valence-electron chi connectivity index (χ3n) is 3.72. The summed E-state index contributed by atoms with van der Waals surface area (Å²) in [5.74, 6) is -0.994. The van der Waals surface area contributed by atoms with E-state index < -0.39 is 17.5 Å². The molecule has 0 fully saturated rings. The third-order valence-corrected chi connectivity index (χ3v) is 3.72. The largest absolute Gasteiger partial charge is 0.505 e. The van der Waals surface area contributed by atoms with Crippen molar-refractivity contribution in [1.29, 1.82) is 0 Å². The normalized spacial score (nSPS) is 10.8. The lowest BCUT2D eigenvalue weighted by atomic mass is 10.1. The first-order chi connectivity index (χ1) is 12.3. The lowest BCUT2D eigenvalue weighted by molar-refractivity contribution is -0.115. The maximum atomic E-state index is 13.8. The van der Waals surface area contributed by atoms with Crippen molar-refractivity contribution in [3.63, 3.8) is 0 Å². The number of phenolic OH excluding ortho intramolecular Hbond substituents is 1. The molecule has 3 rings (SSSR count). The molecule has 0 saturated carbocycles. The molecule has 26 heavy (non-hydrogen) atoms. The second kappa shape index (κ2) is 6.91. The Morgan fingerprint density at radius 2 is 1.88 bits per heavy atom. The van der Waals surface area contributed by atoms with Crippen LogP contribution in [0.1, 0.15) is 22.6 Å². The molecular weight excluding hydrogens is 337 g/mol. The van der Waals surface area contributed by atoms with Gasteiger partial charge in [-0.05, 0) is 32.9 Å². The molecule has 1 amide bonds. The number of aryl methyl sites for hydroxylation is 3. The molecule has 7 nitrogen and oxygen atoms in total. The summed E-state index contributed by atoms with van der Waals surface area (Å²) in [4.78, 5) is 20.9. The van der Waals surface area contributed by atoms with Crippen LogP contribution in [0.4, 0.5) is 10.2 Å². The molecule has 0 spiro atoms. The number of anilines is 1. The van der Waals surface area contributed by atoms with Crippen molar-refractivity contribution in [2.45, 2.75) is 27.2 Å².